The number of ether oxygens (including phenoxy) is 2. The lowest BCUT2D eigenvalue weighted by atomic mass is 10.1. The van der Waals surface area contributed by atoms with Gasteiger partial charge >= 0.3 is 0 Å². The Balaban J connectivity index is 1.64. The summed E-state index contributed by atoms with van der Waals surface area (Å²) in [5.74, 6) is 1.77. The van der Waals surface area contributed by atoms with Crippen molar-refractivity contribution in [3.63, 3.8) is 0 Å². The second-order valence-corrected chi connectivity index (χ2v) is 5.97. The maximum Gasteiger partial charge on any atom is 0.119 e. The molecule has 0 unspecified atom stereocenters. The van der Waals surface area contributed by atoms with E-state index in [9.17, 15) is 0 Å². The van der Waals surface area contributed by atoms with Gasteiger partial charge in [-0.25, -0.2) is 0 Å². The van der Waals surface area contributed by atoms with Gasteiger partial charge in [-0.05, 0) is 49.2 Å². The number of rotatable bonds is 6. The van der Waals surface area contributed by atoms with Gasteiger partial charge in [0, 0.05) is 0 Å². The minimum atomic E-state index is 0.538. The third-order valence-corrected chi connectivity index (χ3v) is 3.95. The van der Waals surface area contributed by atoms with Gasteiger partial charge in [0.25, 0.3) is 0 Å². The van der Waals surface area contributed by atoms with Crippen molar-refractivity contribution < 1.29 is 9.47 Å². The van der Waals surface area contributed by atoms with Crippen LogP contribution in [0.1, 0.15) is 22.3 Å². The lowest BCUT2D eigenvalue weighted by molar-refractivity contribution is 0.285. The van der Waals surface area contributed by atoms with E-state index in [4.69, 9.17) is 9.47 Å². The second kappa shape index (κ2) is 7.69. The standard InChI is InChI=1S/C22H22O2/c1-17-7-11-21(12-8-17)23-15-19-5-3-4-6-20(19)16-24-22-13-9-18(2)10-14-22/h3-14H,15-16H2,1-2H3. The van der Waals surface area contributed by atoms with Gasteiger partial charge in [0.1, 0.15) is 24.7 Å². The van der Waals surface area contributed by atoms with Crippen molar-refractivity contribution in [1.29, 1.82) is 0 Å². The molecule has 0 aliphatic heterocycles. The summed E-state index contributed by atoms with van der Waals surface area (Å²) in [5, 5.41) is 0. The third-order valence-electron chi connectivity index (χ3n) is 3.95. The maximum absolute atomic E-state index is 5.90. The predicted octanol–water partition coefficient (Wildman–Crippen LogP) is 5.46. The Kier molecular flexibility index (Phi) is 5.17. The summed E-state index contributed by atoms with van der Waals surface area (Å²) in [5.41, 5.74) is 4.75. The molecule has 0 bridgehead atoms. The Bertz CT molecular complexity index is 705. The van der Waals surface area contributed by atoms with Crippen LogP contribution in [-0.2, 0) is 13.2 Å². The molecule has 0 aliphatic rings. The molecule has 3 aromatic rings. The molecule has 0 N–H and O–H groups in total. The van der Waals surface area contributed by atoms with E-state index >= 15 is 0 Å². The molecule has 2 heteroatoms. The van der Waals surface area contributed by atoms with Gasteiger partial charge in [-0.2, -0.15) is 0 Å². The molecule has 0 aromatic heterocycles. The molecule has 3 rings (SSSR count). The first kappa shape index (κ1) is 16.1. The highest BCUT2D eigenvalue weighted by molar-refractivity contribution is 5.31. The first-order valence-electron chi connectivity index (χ1n) is 8.16. The van der Waals surface area contributed by atoms with Crippen LogP contribution in [0.5, 0.6) is 11.5 Å². The fourth-order valence-corrected chi connectivity index (χ4v) is 2.43. The zero-order valence-electron chi connectivity index (χ0n) is 14.2. The molecule has 2 nitrogen and oxygen atoms in total. The largest absolute Gasteiger partial charge is 0.489 e. The topological polar surface area (TPSA) is 18.5 Å². The van der Waals surface area contributed by atoms with Crippen LogP contribution >= 0.6 is 0 Å². The van der Waals surface area contributed by atoms with Gasteiger partial charge in [-0.1, -0.05) is 59.7 Å². The average Bonchev–Trinajstić information content (AvgIpc) is 2.61. The third kappa shape index (κ3) is 4.39. The van der Waals surface area contributed by atoms with Gasteiger partial charge < -0.3 is 9.47 Å². The van der Waals surface area contributed by atoms with E-state index in [1.165, 1.54) is 11.1 Å². The van der Waals surface area contributed by atoms with Crippen LogP contribution < -0.4 is 9.47 Å². The van der Waals surface area contributed by atoms with E-state index in [-0.39, 0.29) is 0 Å². The highest BCUT2D eigenvalue weighted by atomic mass is 16.5. The summed E-state index contributed by atoms with van der Waals surface area (Å²) in [6.45, 7) is 5.22. The summed E-state index contributed by atoms with van der Waals surface area (Å²) in [6.07, 6.45) is 0. The van der Waals surface area contributed by atoms with Crippen molar-refractivity contribution >= 4 is 0 Å². The number of hydrogen-bond donors (Lipinski definition) is 0. The van der Waals surface area contributed by atoms with Crippen LogP contribution in [0.15, 0.2) is 72.8 Å². The molecule has 0 atom stereocenters. The van der Waals surface area contributed by atoms with Crippen LogP contribution in [-0.4, -0.2) is 0 Å². The Labute approximate surface area is 143 Å². The quantitative estimate of drug-likeness (QED) is 0.600. The molecular formula is C22H22O2. The first-order valence-corrected chi connectivity index (χ1v) is 8.16. The predicted molar refractivity (Wildman–Crippen MR) is 97.5 cm³/mol. The van der Waals surface area contributed by atoms with E-state index in [1.54, 1.807) is 0 Å². The van der Waals surface area contributed by atoms with E-state index in [2.05, 4.69) is 50.2 Å². The van der Waals surface area contributed by atoms with E-state index in [1.807, 2.05) is 36.4 Å². The van der Waals surface area contributed by atoms with Crippen molar-refractivity contribution in [2.75, 3.05) is 0 Å². The van der Waals surface area contributed by atoms with Crippen molar-refractivity contribution in [3.8, 4) is 11.5 Å². The van der Waals surface area contributed by atoms with Crippen molar-refractivity contribution in [3.05, 3.63) is 95.1 Å². The minimum Gasteiger partial charge on any atom is -0.489 e. The van der Waals surface area contributed by atoms with Gasteiger partial charge in [0.05, 0.1) is 0 Å². The molecule has 0 fully saturated rings. The normalized spacial score (nSPS) is 10.4. The van der Waals surface area contributed by atoms with Crippen LogP contribution in [0.25, 0.3) is 0 Å². The Morgan fingerprint density at radius 2 is 0.917 bits per heavy atom. The fraction of sp³-hybridized carbons (Fsp3) is 0.182. The smallest absolute Gasteiger partial charge is 0.119 e. The van der Waals surface area contributed by atoms with Gasteiger partial charge in [0.15, 0.2) is 0 Å². The molecule has 0 heterocycles. The zero-order valence-corrected chi connectivity index (χ0v) is 14.2. The van der Waals surface area contributed by atoms with Gasteiger partial charge in [-0.15, -0.1) is 0 Å². The Hall–Kier alpha value is -2.74. The van der Waals surface area contributed by atoms with Crippen molar-refractivity contribution in [1.82, 2.24) is 0 Å². The molecule has 122 valence electrons. The van der Waals surface area contributed by atoms with E-state index < -0.39 is 0 Å². The summed E-state index contributed by atoms with van der Waals surface area (Å²) < 4.78 is 11.8. The van der Waals surface area contributed by atoms with E-state index in [0.717, 1.165) is 22.6 Å². The summed E-state index contributed by atoms with van der Waals surface area (Å²) in [6, 6.07) is 24.5. The van der Waals surface area contributed by atoms with Crippen molar-refractivity contribution in [2.24, 2.45) is 0 Å². The number of benzene rings is 3. The second-order valence-electron chi connectivity index (χ2n) is 5.97. The van der Waals surface area contributed by atoms with Crippen molar-refractivity contribution in [2.45, 2.75) is 27.1 Å². The Morgan fingerprint density at radius 1 is 0.542 bits per heavy atom. The van der Waals surface area contributed by atoms with Crippen LogP contribution in [0.3, 0.4) is 0 Å². The fourth-order valence-electron chi connectivity index (χ4n) is 2.43. The number of aryl methyl sites for hydroxylation is 2. The summed E-state index contributed by atoms with van der Waals surface area (Å²) in [4.78, 5) is 0. The van der Waals surface area contributed by atoms with Crippen LogP contribution in [0.4, 0.5) is 0 Å². The van der Waals surface area contributed by atoms with Crippen LogP contribution in [0, 0.1) is 13.8 Å². The summed E-state index contributed by atoms with van der Waals surface area (Å²) in [7, 11) is 0. The average molecular weight is 318 g/mol. The van der Waals surface area contributed by atoms with Gasteiger partial charge in [-0.3, -0.25) is 0 Å². The lowest BCUT2D eigenvalue weighted by Gasteiger charge is -2.12. The minimum absolute atomic E-state index is 0.538. The van der Waals surface area contributed by atoms with Gasteiger partial charge in [0.2, 0.25) is 0 Å². The maximum atomic E-state index is 5.90. The molecule has 0 amide bonds. The lowest BCUT2D eigenvalue weighted by Crippen LogP contribution is -2.03. The highest BCUT2D eigenvalue weighted by Gasteiger charge is 2.04. The molecule has 0 spiro atoms. The molecule has 0 radical (unpaired) electrons. The molecule has 0 saturated carbocycles. The highest BCUT2D eigenvalue weighted by Crippen LogP contribution is 2.18. The molecule has 3 aromatic carbocycles. The van der Waals surface area contributed by atoms with E-state index in [0.29, 0.717) is 13.2 Å². The molecule has 0 saturated heterocycles. The SMILES string of the molecule is Cc1ccc(OCc2ccccc2COc2ccc(C)cc2)cc1. The molecule has 24 heavy (non-hydrogen) atoms. The molecule has 0 aliphatic carbocycles. The Morgan fingerprint density at radius 3 is 1.29 bits per heavy atom. The number of hydrogen-bond acceptors (Lipinski definition) is 2. The monoisotopic (exact) mass is 318 g/mol. The summed E-state index contributed by atoms with van der Waals surface area (Å²) >= 11 is 0. The zero-order chi connectivity index (χ0) is 16.8. The molecular weight excluding hydrogens is 296 g/mol. The van der Waals surface area contributed by atoms with Crippen LogP contribution in [0.2, 0.25) is 0 Å². The first-order chi connectivity index (χ1) is 11.7.